The molecule has 0 fully saturated rings. The van der Waals surface area contributed by atoms with Crippen molar-refractivity contribution < 1.29 is 75.8 Å². The quantitative estimate of drug-likeness (QED) is 0.0146. The van der Waals surface area contributed by atoms with E-state index in [1.807, 2.05) is 0 Å². The van der Waals surface area contributed by atoms with Gasteiger partial charge in [-0.3, -0.25) is 32.5 Å². The summed E-state index contributed by atoms with van der Waals surface area (Å²) >= 11 is 0. The Hall–Kier alpha value is -4.05. The minimum Gasteiger partial charge on any atom is -0.463 e. The molecule has 5 atom stereocenters. The van der Waals surface area contributed by atoms with Crippen molar-refractivity contribution in [2.45, 2.75) is 399 Å². The third-order valence-electron chi connectivity index (χ3n) is 18.7. The molecule has 18 heteroatoms. The summed E-state index contributed by atoms with van der Waals surface area (Å²) in [5.74, 6) is -1.56. The van der Waals surface area contributed by atoms with Gasteiger partial charge in [-0.1, -0.05) is 367 Å². The molecule has 630 valence electrons. The molecule has 0 aromatic heterocycles. The molecule has 5 unspecified atom stereocenters. The largest absolute Gasteiger partial charge is 0.472 e. The van der Waals surface area contributed by atoms with Crippen LogP contribution < -0.4 is 0 Å². The number of rotatable bonds is 83. The van der Waals surface area contributed by atoms with E-state index in [1.165, 1.54) is 186 Å². The van der Waals surface area contributed by atoms with Gasteiger partial charge in [-0.15, -0.1) is 0 Å². The number of phosphoric acid groups is 2. The molecule has 109 heavy (non-hydrogen) atoms. The average molecular weight is 1570 g/mol. The fourth-order valence-electron chi connectivity index (χ4n) is 12.0. The summed E-state index contributed by atoms with van der Waals surface area (Å²) in [6.07, 6.45) is 101. The minimum absolute atomic E-state index is 0.107. The van der Waals surface area contributed by atoms with E-state index in [1.54, 1.807) is 0 Å². The number of hydrogen-bond donors (Lipinski definition) is 4. The number of carbonyl (C=O) groups excluding carboxylic acids is 3. The predicted molar refractivity (Wildman–Crippen MR) is 454 cm³/mol. The lowest BCUT2D eigenvalue weighted by molar-refractivity contribution is -0.161. The molecule has 0 rings (SSSR count). The first-order valence-corrected chi connectivity index (χ1v) is 46.8. The van der Waals surface area contributed by atoms with Gasteiger partial charge in [-0.05, 0) is 116 Å². The van der Waals surface area contributed by atoms with Crippen LogP contribution in [0.1, 0.15) is 380 Å². The van der Waals surface area contributed by atoms with E-state index in [-0.39, 0.29) is 19.3 Å². The van der Waals surface area contributed by atoms with Gasteiger partial charge in [0, 0.05) is 19.3 Å². The van der Waals surface area contributed by atoms with Gasteiger partial charge in [0.1, 0.15) is 25.4 Å². The topological polar surface area (TPSA) is 231 Å². The first-order chi connectivity index (χ1) is 53.2. The highest BCUT2D eigenvalue weighted by Crippen LogP contribution is 2.45. The smallest absolute Gasteiger partial charge is 0.463 e. The molecule has 0 aliphatic heterocycles. The Balaban J connectivity index is 4.34. The van der Waals surface area contributed by atoms with Crippen LogP contribution >= 0.6 is 15.6 Å². The summed E-state index contributed by atoms with van der Waals surface area (Å²) < 4.78 is 61.2. The van der Waals surface area contributed by atoms with Crippen LogP contribution in [0.5, 0.6) is 0 Å². The molecule has 0 amide bonds. The van der Waals surface area contributed by atoms with Crippen molar-refractivity contribution in [2.75, 3.05) is 39.6 Å². The fourth-order valence-corrected chi connectivity index (χ4v) is 13.6. The predicted octanol–water partition coefficient (Wildman–Crippen LogP) is 26.4. The molecule has 16 nitrogen and oxygen atoms in total. The summed E-state index contributed by atoms with van der Waals surface area (Å²) in [7, 11) is -9.78. The molecular formula is C91H160O16P2. The van der Waals surface area contributed by atoms with Gasteiger partial charge in [-0.2, -0.15) is 0 Å². The van der Waals surface area contributed by atoms with Crippen LogP contribution in [0.2, 0.25) is 0 Å². The molecule has 0 saturated carbocycles. The molecule has 0 aromatic carbocycles. The van der Waals surface area contributed by atoms with E-state index >= 15 is 0 Å². The van der Waals surface area contributed by atoms with Crippen molar-refractivity contribution in [1.82, 2.24) is 0 Å². The number of aliphatic hydroxyl groups is 2. The Bertz CT molecular complexity index is 2460. The summed E-state index contributed by atoms with van der Waals surface area (Å²) in [5, 5.41) is 20.7. The molecule has 0 aliphatic rings. The average Bonchev–Trinajstić information content (AvgIpc) is 0.903. The lowest BCUT2D eigenvalue weighted by Crippen LogP contribution is -2.30. The summed E-state index contributed by atoms with van der Waals surface area (Å²) in [6.45, 7) is 2.57. The van der Waals surface area contributed by atoms with Crippen molar-refractivity contribution in [2.24, 2.45) is 0 Å². The van der Waals surface area contributed by atoms with Gasteiger partial charge in [0.25, 0.3) is 0 Å². The van der Waals surface area contributed by atoms with Gasteiger partial charge in [0.05, 0.1) is 26.4 Å². The van der Waals surface area contributed by atoms with E-state index < -0.39 is 91.5 Å². The Morgan fingerprint density at radius 3 is 0.789 bits per heavy atom. The summed E-state index contributed by atoms with van der Waals surface area (Å²) in [5.41, 5.74) is 0. The monoisotopic (exact) mass is 1570 g/mol. The first-order valence-electron chi connectivity index (χ1n) is 43.8. The van der Waals surface area contributed by atoms with E-state index in [4.69, 9.17) is 32.3 Å². The van der Waals surface area contributed by atoms with E-state index in [0.29, 0.717) is 19.3 Å². The van der Waals surface area contributed by atoms with E-state index in [2.05, 4.69) is 142 Å². The van der Waals surface area contributed by atoms with Crippen molar-refractivity contribution in [3.05, 3.63) is 122 Å². The second kappa shape index (κ2) is 83.4. The second-order valence-corrected chi connectivity index (χ2v) is 32.2. The Kier molecular flexibility index (Phi) is 80.3. The van der Waals surface area contributed by atoms with E-state index in [0.717, 1.165) is 135 Å². The lowest BCUT2D eigenvalue weighted by Gasteiger charge is -2.21. The van der Waals surface area contributed by atoms with Gasteiger partial charge in [0.2, 0.25) is 0 Å². The number of allylic oxidation sites excluding steroid dienone is 20. The fraction of sp³-hybridized carbons (Fsp3) is 0.747. The molecule has 4 N–H and O–H groups in total. The zero-order chi connectivity index (χ0) is 79.4. The maximum absolute atomic E-state index is 12.9. The summed E-state index contributed by atoms with van der Waals surface area (Å²) in [4.78, 5) is 58.7. The standard InChI is InChI=1S/C91H160O16P2/c1-4-7-10-13-16-19-22-24-26-28-30-32-34-36-38-39-40-41-42-43-44-45-47-49-50-52-54-56-58-60-63-65-68-71-74-77-89(94)101-80-86(92)81-103-108(97,98)104-82-87(93)83-105-109(99,100)106-85-88(107-91(96)79-76-73-70-67-62-21-18-15-12-9-6-3)84-102-90(95)78-75-72-69-66-64-61-59-57-55-53-51-48-46-37-35-33-31-29-27-25-23-20-17-14-11-8-5-2/h7,10,16-17,19-20,24-27,30-33,36-38,40-41,46,86-88,92-93H,4-6,8-9,11-15,18,21-23,28-29,34-35,39,42-45,47-85H2,1-3H3,(H,97,98)(H,99,100)/b10-7-,19-16-,20-17-,26-24-,27-25-,32-30-,33-31-,38-36-,41-40-,46-37-. The number of phosphoric ester groups is 2. The molecule has 0 heterocycles. The molecule has 0 aromatic rings. The van der Waals surface area contributed by atoms with Crippen LogP contribution in [-0.2, 0) is 55.8 Å². The number of hydrogen-bond acceptors (Lipinski definition) is 14. The Morgan fingerprint density at radius 2 is 0.486 bits per heavy atom. The van der Waals surface area contributed by atoms with Gasteiger partial charge in [-0.25, -0.2) is 9.13 Å². The van der Waals surface area contributed by atoms with Crippen LogP contribution in [-0.4, -0.2) is 95.9 Å². The Labute approximate surface area is 665 Å². The van der Waals surface area contributed by atoms with Crippen LogP contribution in [0, 0.1) is 0 Å². The van der Waals surface area contributed by atoms with Crippen molar-refractivity contribution in [1.29, 1.82) is 0 Å². The number of ether oxygens (including phenoxy) is 3. The van der Waals surface area contributed by atoms with Crippen LogP contribution in [0.15, 0.2) is 122 Å². The zero-order valence-corrected chi connectivity index (χ0v) is 71.0. The van der Waals surface area contributed by atoms with Gasteiger partial charge < -0.3 is 34.2 Å². The third-order valence-corrected chi connectivity index (χ3v) is 20.6. The van der Waals surface area contributed by atoms with Crippen LogP contribution in [0.3, 0.4) is 0 Å². The third kappa shape index (κ3) is 84.7. The Morgan fingerprint density at radius 1 is 0.266 bits per heavy atom. The molecule has 0 aliphatic carbocycles. The normalized spacial score (nSPS) is 14.4. The van der Waals surface area contributed by atoms with Crippen LogP contribution in [0.4, 0.5) is 0 Å². The van der Waals surface area contributed by atoms with E-state index in [9.17, 15) is 43.5 Å². The zero-order valence-electron chi connectivity index (χ0n) is 69.2. The SMILES string of the molecule is CC/C=C\C/C=C\C/C=C\C/C=C\C/C=C\C/C=C\CCCCCCCCCCCCCCCCCCC(=O)OCC(O)COP(=O)(O)OCC(O)COP(=O)(O)OCC(COC(=O)CCCCCCCCCCCCC/C=C\C/C=C\C/C=C\C/C=C\CCCCC)OC(=O)CCCCCCCCCCCCC. The van der Waals surface area contributed by atoms with Gasteiger partial charge in [0.15, 0.2) is 6.10 Å². The van der Waals surface area contributed by atoms with Crippen molar-refractivity contribution >= 4 is 33.6 Å². The summed E-state index contributed by atoms with van der Waals surface area (Å²) in [6, 6.07) is 0. The highest BCUT2D eigenvalue weighted by Gasteiger charge is 2.29. The van der Waals surface area contributed by atoms with Crippen molar-refractivity contribution in [3.8, 4) is 0 Å². The molecule has 0 bridgehead atoms. The molecule has 0 saturated heterocycles. The first kappa shape index (κ1) is 105. The number of unbranched alkanes of at least 4 members (excludes halogenated alkanes) is 40. The maximum atomic E-state index is 12.9. The number of aliphatic hydroxyl groups excluding tert-OH is 2. The van der Waals surface area contributed by atoms with Crippen molar-refractivity contribution in [3.63, 3.8) is 0 Å². The molecular weight excluding hydrogens is 1410 g/mol. The highest BCUT2D eigenvalue weighted by atomic mass is 31.2. The minimum atomic E-state index is -4.93. The molecule has 0 spiro atoms. The van der Waals surface area contributed by atoms with Gasteiger partial charge >= 0.3 is 33.6 Å². The maximum Gasteiger partial charge on any atom is 0.472 e. The lowest BCUT2D eigenvalue weighted by atomic mass is 10.0. The van der Waals surface area contributed by atoms with Crippen LogP contribution in [0.25, 0.3) is 0 Å². The number of carbonyl (C=O) groups is 3. The highest BCUT2D eigenvalue weighted by molar-refractivity contribution is 7.47. The molecule has 0 radical (unpaired) electrons. The second-order valence-electron chi connectivity index (χ2n) is 29.3. The number of esters is 3.